The molecule has 0 unspecified atom stereocenters. The summed E-state index contributed by atoms with van der Waals surface area (Å²) in [6.45, 7) is 0.490. The second-order valence-electron chi connectivity index (χ2n) is 5.82. The molecule has 0 bridgehead atoms. The molecule has 1 aliphatic rings. The Morgan fingerprint density at radius 1 is 1.16 bits per heavy atom. The normalized spacial score (nSPS) is 15.5. The van der Waals surface area contributed by atoms with Crippen molar-refractivity contribution in [3.63, 3.8) is 0 Å². The zero-order valence-corrected chi connectivity index (χ0v) is 13.4. The number of hydrogen-bond donors (Lipinski definition) is 3. The number of rotatable bonds is 2. The number of benzene rings is 1. The van der Waals surface area contributed by atoms with E-state index >= 15 is 0 Å². The van der Waals surface area contributed by atoms with Gasteiger partial charge in [0.15, 0.2) is 0 Å². The maximum Gasteiger partial charge on any atom is 0.268 e. The van der Waals surface area contributed by atoms with Crippen molar-refractivity contribution in [3.8, 4) is 0 Å². The number of hydrogen-bond acceptors (Lipinski definition) is 3. The monoisotopic (exact) mass is 332 g/mol. The molecule has 3 N–H and O–H groups in total. The summed E-state index contributed by atoms with van der Waals surface area (Å²) in [6.07, 6.45) is 5.40. The zero-order chi connectivity index (χ0) is 17.2. The molecular weight excluding hydrogens is 316 g/mol. The Hall–Kier alpha value is -3.41. The Morgan fingerprint density at radius 3 is 2.80 bits per heavy atom. The molecule has 0 fully saturated rings. The number of carbonyl (C=O) groups is 2. The van der Waals surface area contributed by atoms with Crippen LogP contribution in [0.1, 0.15) is 22.5 Å². The lowest BCUT2D eigenvalue weighted by atomic mass is 9.99. The van der Waals surface area contributed by atoms with Crippen molar-refractivity contribution in [1.82, 2.24) is 15.3 Å². The van der Waals surface area contributed by atoms with Crippen LogP contribution in [0.3, 0.4) is 0 Å². The molecule has 3 aromatic rings. The van der Waals surface area contributed by atoms with E-state index in [1.807, 2.05) is 24.3 Å². The molecule has 3 heterocycles. The summed E-state index contributed by atoms with van der Waals surface area (Å²) in [4.78, 5) is 31.8. The van der Waals surface area contributed by atoms with Crippen LogP contribution in [0.25, 0.3) is 16.5 Å². The lowest BCUT2D eigenvalue weighted by Crippen LogP contribution is -2.22. The van der Waals surface area contributed by atoms with E-state index in [0.717, 1.165) is 22.0 Å². The molecule has 1 aromatic carbocycles. The number of nitrogens with zero attached hydrogens (tertiary/aromatic N) is 1. The molecule has 0 saturated carbocycles. The Balaban J connectivity index is 1.76. The first-order valence-corrected chi connectivity index (χ1v) is 8.03. The van der Waals surface area contributed by atoms with Gasteiger partial charge in [0.25, 0.3) is 5.91 Å². The molecule has 2 amide bonds. The first kappa shape index (κ1) is 15.1. The summed E-state index contributed by atoms with van der Waals surface area (Å²) >= 11 is 0. The first-order chi connectivity index (χ1) is 12.2. The van der Waals surface area contributed by atoms with Crippen LogP contribution in [0.4, 0.5) is 5.69 Å². The highest BCUT2D eigenvalue weighted by molar-refractivity contribution is 6.11. The second kappa shape index (κ2) is 6.24. The maximum atomic E-state index is 12.4. The van der Waals surface area contributed by atoms with Crippen LogP contribution in [-0.4, -0.2) is 28.3 Å². The minimum absolute atomic E-state index is 0.149. The number of H-pyrrole nitrogens is 1. The Kier molecular flexibility index (Phi) is 3.78. The van der Waals surface area contributed by atoms with E-state index in [1.165, 1.54) is 0 Å². The molecule has 0 saturated heterocycles. The van der Waals surface area contributed by atoms with Crippen molar-refractivity contribution in [2.75, 3.05) is 11.9 Å². The summed E-state index contributed by atoms with van der Waals surface area (Å²) in [5.74, 6) is -0.379. The van der Waals surface area contributed by atoms with Gasteiger partial charge in [-0.3, -0.25) is 14.6 Å². The summed E-state index contributed by atoms with van der Waals surface area (Å²) < 4.78 is 0. The van der Waals surface area contributed by atoms with Crippen molar-refractivity contribution in [2.24, 2.45) is 0 Å². The van der Waals surface area contributed by atoms with E-state index in [2.05, 4.69) is 20.6 Å². The number of fused-ring (bicyclic) bond motifs is 3. The predicted molar refractivity (Wildman–Crippen MR) is 96.1 cm³/mol. The molecule has 124 valence electrons. The molecule has 0 atom stereocenters. The van der Waals surface area contributed by atoms with E-state index in [-0.39, 0.29) is 11.8 Å². The number of pyridine rings is 1. The van der Waals surface area contributed by atoms with Crippen molar-refractivity contribution in [3.05, 3.63) is 66.1 Å². The largest absolute Gasteiger partial charge is 0.350 e. The number of aromatic nitrogens is 2. The standard InChI is InChI=1S/C19H16N4O2/c24-16(22-13-6-8-20-9-7-13)11-12-5-10-21-19(25)18-17(12)14-3-1-2-4-15(14)23-18/h1-4,6-9,11,23H,5,10H2,(H,21,25)(H,20,22,24)/b12-11+. The Morgan fingerprint density at radius 2 is 1.96 bits per heavy atom. The SMILES string of the molecule is O=C(/C=C1\CCNC(=O)c2[nH]c3ccccc3c21)Nc1ccncc1. The van der Waals surface area contributed by atoms with Gasteiger partial charge in [-0.15, -0.1) is 0 Å². The van der Waals surface area contributed by atoms with E-state index in [4.69, 9.17) is 0 Å². The van der Waals surface area contributed by atoms with Crippen molar-refractivity contribution >= 4 is 34.0 Å². The Bertz CT molecular complexity index is 989. The smallest absolute Gasteiger partial charge is 0.268 e. The fourth-order valence-electron chi connectivity index (χ4n) is 3.09. The Labute approximate surface area is 144 Å². The van der Waals surface area contributed by atoms with E-state index < -0.39 is 0 Å². The van der Waals surface area contributed by atoms with Gasteiger partial charge in [0.2, 0.25) is 5.91 Å². The van der Waals surface area contributed by atoms with Crippen molar-refractivity contribution in [2.45, 2.75) is 6.42 Å². The molecular formula is C19H16N4O2. The average molecular weight is 332 g/mol. The van der Waals surface area contributed by atoms with Crippen LogP contribution < -0.4 is 10.6 Å². The van der Waals surface area contributed by atoms with Gasteiger partial charge in [-0.1, -0.05) is 18.2 Å². The van der Waals surface area contributed by atoms with Gasteiger partial charge in [-0.05, 0) is 30.2 Å². The van der Waals surface area contributed by atoms with Crippen LogP contribution in [0, 0.1) is 0 Å². The fraction of sp³-hybridized carbons (Fsp3) is 0.105. The third-order valence-corrected chi connectivity index (χ3v) is 4.19. The minimum Gasteiger partial charge on any atom is -0.350 e. The molecule has 0 aliphatic carbocycles. The van der Waals surface area contributed by atoms with Gasteiger partial charge in [0, 0.05) is 47.2 Å². The lowest BCUT2D eigenvalue weighted by molar-refractivity contribution is -0.111. The van der Waals surface area contributed by atoms with Crippen LogP contribution in [0.5, 0.6) is 0 Å². The number of para-hydroxylation sites is 1. The number of amides is 2. The van der Waals surface area contributed by atoms with Gasteiger partial charge in [-0.2, -0.15) is 0 Å². The molecule has 2 aromatic heterocycles. The van der Waals surface area contributed by atoms with Crippen LogP contribution >= 0.6 is 0 Å². The maximum absolute atomic E-state index is 12.4. The second-order valence-corrected chi connectivity index (χ2v) is 5.82. The topological polar surface area (TPSA) is 86.9 Å². The highest BCUT2D eigenvalue weighted by Gasteiger charge is 2.23. The van der Waals surface area contributed by atoms with Gasteiger partial charge >= 0.3 is 0 Å². The van der Waals surface area contributed by atoms with E-state index in [9.17, 15) is 9.59 Å². The number of aromatic amines is 1. The molecule has 6 heteroatoms. The minimum atomic E-state index is -0.230. The summed E-state index contributed by atoms with van der Waals surface area (Å²) in [6, 6.07) is 11.2. The van der Waals surface area contributed by atoms with E-state index in [0.29, 0.717) is 24.3 Å². The third-order valence-electron chi connectivity index (χ3n) is 4.19. The van der Waals surface area contributed by atoms with Gasteiger partial charge in [0.1, 0.15) is 5.69 Å². The van der Waals surface area contributed by atoms with Crippen molar-refractivity contribution < 1.29 is 9.59 Å². The van der Waals surface area contributed by atoms with Crippen LogP contribution in [-0.2, 0) is 4.79 Å². The summed E-state index contributed by atoms with van der Waals surface area (Å²) in [5.41, 5.74) is 3.69. The van der Waals surface area contributed by atoms with Crippen LogP contribution in [0.2, 0.25) is 0 Å². The van der Waals surface area contributed by atoms with Gasteiger partial charge < -0.3 is 15.6 Å². The predicted octanol–water partition coefficient (Wildman–Crippen LogP) is 2.72. The molecule has 0 spiro atoms. The first-order valence-electron chi connectivity index (χ1n) is 8.03. The van der Waals surface area contributed by atoms with Crippen molar-refractivity contribution in [1.29, 1.82) is 0 Å². The molecule has 4 rings (SSSR count). The molecule has 1 aliphatic heterocycles. The fourth-order valence-corrected chi connectivity index (χ4v) is 3.09. The average Bonchev–Trinajstić information content (AvgIpc) is 2.94. The zero-order valence-electron chi connectivity index (χ0n) is 13.4. The molecule has 0 radical (unpaired) electrons. The summed E-state index contributed by atoms with van der Waals surface area (Å²) in [5, 5.41) is 6.63. The third kappa shape index (κ3) is 2.89. The number of carbonyl (C=O) groups excluding carboxylic acids is 2. The number of nitrogens with one attached hydrogen (secondary N) is 3. The highest BCUT2D eigenvalue weighted by Crippen LogP contribution is 2.32. The van der Waals surface area contributed by atoms with Gasteiger partial charge in [-0.25, -0.2) is 0 Å². The highest BCUT2D eigenvalue weighted by atomic mass is 16.2. The van der Waals surface area contributed by atoms with E-state index in [1.54, 1.807) is 30.6 Å². The van der Waals surface area contributed by atoms with Crippen LogP contribution in [0.15, 0.2) is 54.9 Å². The van der Waals surface area contributed by atoms with Gasteiger partial charge in [0.05, 0.1) is 0 Å². The quantitative estimate of drug-likeness (QED) is 0.631. The molecule has 25 heavy (non-hydrogen) atoms. The summed E-state index contributed by atoms with van der Waals surface area (Å²) in [7, 11) is 0. The molecule has 6 nitrogen and oxygen atoms in total. The number of anilines is 1. The lowest BCUT2D eigenvalue weighted by Gasteiger charge is -2.06.